The van der Waals surface area contributed by atoms with Gasteiger partial charge in [-0.15, -0.1) is 0 Å². The van der Waals surface area contributed by atoms with Crippen molar-refractivity contribution >= 4 is 15.9 Å². The first kappa shape index (κ1) is 9.26. The zero-order chi connectivity index (χ0) is 9.64. The minimum Gasteiger partial charge on any atom is -0.0608 e. The van der Waals surface area contributed by atoms with Crippen LogP contribution in [0, 0.1) is 5.41 Å². The lowest BCUT2D eigenvalue weighted by atomic mass is 9.81. The second-order valence-electron chi connectivity index (χ2n) is 4.69. The summed E-state index contributed by atoms with van der Waals surface area (Å²) in [4.78, 5) is 0. The second kappa shape index (κ2) is 2.84. The Morgan fingerprint density at radius 1 is 1.38 bits per heavy atom. The average Bonchev–Trinajstić information content (AvgIpc) is 2.28. The van der Waals surface area contributed by atoms with Crippen LogP contribution in [-0.2, 0) is 6.42 Å². The molecule has 1 heteroatoms. The topological polar surface area (TPSA) is 0 Å². The smallest absolute Gasteiger partial charge is 0.0210 e. The van der Waals surface area contributed by atoms with Crippen LogP contribution in [-0.4, -0.2) is 0 Å². The van der Waals surface area contributed by atoms with E-state index in [4.69, 9.17) is 0 Å². The first-order valence-corrected chi connectivity index (χ1v) is 5.59. The fourth-order valence-corrected chi connectivity index (χ4v) is 2.72. The van der Waals surface area contributed by atoms with Gasteiger partial charge >= 0.3 is 0 Å². The lowest BCUT2D eigenvalue weighted by molar-refractivity contribution is 0.330. The molecule has 1 aliphatic carbocycles. The number of hydrogen-bond acceptors (Lipinski definition) is 0. The highest BCUT2D eigenvalue weighted by molar-refractivity contribution is 9.10. The third kappa shape index (κ3) is 1.34. The first-order chi connectivity index (χ1) is 6.02. The molecule has 0 aromatic heterocycles. The number of hydrogen-bond donors (Lipinski definition) is 0. The monoisotopic (exact) mass is 238 g/mol. The fraction of sp³-hybridized carbons (Fsp3) is 0.500. The van der Waals surface area contributed by atoms with Crippen molar-refractivity contribution in [3.05, 3.63) is 33.8 Å². The van der Waals surface area contributed by atoms with Crippen LogP contribution in [0.5, 0.6) is 0 Å². The molecule has 1 aliphatic rings. The molecule has 2 rings (SSSR count). The summed E-state index contributed by atoms with van der Waals surface area (Å²) in [6, 6.07) is 6.55. The van der Waals surface area contributed by atoms with Gasteiger partial charge in [-0.05, 0) is 34.9 Å². The standard InChI is InChI=1S/C12H15Br/c1-8-9-5-4-6-11(13)10(9)7-12(8,2)3/h4-6,8H,7H2,1-3H3/t8-/m0/s1. The van der Waals surface area contributed by atoms with Crippen molar-refractivity contribution in [1.82, 2.24) is 0 Å². The van der Waals surface area contributed by atoms with Crippen molar-refractivity contribution < 1.29 is 0 Å². The summed E-state index contributed by atoms with van der Waals surface area (Å²) in [5.74, 6) is 0.681. The van der Waals surface area contributed by atoms with Gasteiger partial charge in [0.05, 0.1) is 0 Å². The van der Waals surface area contributed by atoms with E-state index in [1.807, 2.05) is 0 Å². The minimum atomic E-state index is 0.423. The van der Waals surface area contributed by atoms with E-state index in [1.54, 1.807) is 0 Å². The Balaban J connectivity index is 2.56. The zero-order valence-corrected chi connectivity index (χ0v) is 9.98. The van der Waals surface area contributed by atoms with Crippen molar-refractivity contribution in [2.75, 3.05) is 0 Å². The fourth-order valence-electron chi connectivity index (χ4n) is 2.20. The van der Waals surface area contributed by atoms with Crippen molar-refractivity contribution in [3.63, 3.8) is 0 Å². The Morgan fingerprint density at radius 2 is 2.08 bits per heavy atom. The summed E-state index contributed by atoms with van der Waals surface area (Å²) in [5, 5.41) is 0. The van der Waals surface area contributed by atoms with Gasteiger partial charge in [0.15, 0.2) is 0 Å². The van der Waals surface area contributed by atoms with Crippen LogP contribution in [0.15, 0.2) is 22.7 Å². The molecule has 0 aliphatic heterocycles. The molecular formula is C12H15Br. The molecule has 0 heterocycles. The van der Waals surface area contributed by atoms with Gasteiger partial charge in [0.2, 0.25) is 0 Å². The molecule has 70 valence electrons. The Hall–Kier alpha value is -0.300. The normalized spacial score (nSPS) is 24.5. The number of benzene rings is 1. The van der Waals surface area contributed by atoms with Crippen LogP contribution in [0.3, 0.4) is 0 Å². The highest BCUT2D eigenvalue weighted by Crippen LogP contribution is 2.48. The maximum Gasteiger partial charge on any atom is 0.0210 e. The van der Waals surface area contributed by atoms with E-state index >= 15 is 0 Å². The molecule has 0 spiro atoms. The predicted molar refractivity (Wildman–Crippen MR) is 60.0 cm³/mol. The van der Waals surface area contributed by atoms with Gasteiger partial charge in [-0.25, -0.2) is 0 Å². The van der Waals surface area contributed by atoms with E-state index in [1.165, 1.54) is 22.0 Å². The van der Waals surface area contributed by atoms with Gasteiger partial charge < -0.3 is 0 Å². The predicted octanol–water partition coefficient (Wildman–Crippen LogP) is 4.13. The Morgan fingerprint density at radius 3 is 2.69 bits per heavy atom. The highest BCUT2D eigenvalue weighted by Gasteiger charge is 2.36. The van der Waals surface area contributed by atoms with Gasteiger partial charge in [0, 0.05) is 4.47 Å². The summed E-state index contributed by atoms with van der Waals surface area (Å²) in [7, 11) is 0. The quantitative estimate of drug-likeness (QED) is 0.638. The average molecular weight is 239 g/mol. The summed E-state index contributed by atoms with van der Waals surface area (Å²) in [6.45, 7) is 7.03. The Labute approximate surface area is 88.5 Å². The summed E-state index contributed by atoms with van der Waals surface area (Å²) in [6.07, 6.45) is 1.20. The molecular weight excluding hydrogens is 224 g/mol. The van der Waals surface area contributed by atoms with E-state index in [0.717, 1.165) is 0 Å². The third-order valence-corrected chi connectivity index (χ3v) is 4.17. The highest BCUT2D eigenvalue weighted by atomic mass is 79.9. The van der Waals surface area contributed by atoms with Crippen LogP contribution in [0.25, 0.3) is 0 Å². The second-order valence-corrected chi connectivity index (χ2v) is 5.55. The molecule has 0 radical (unpaired) electrons. The van der Waals surface area contributed by atoms with Crippen molar-refractivity contribution in [2.45, 2.75) is 33.1 Å². The van der Waals surface area contributed by atoms with Crippen molar-refractivity contribution in [1.29, 1.82) is 0 Å². The van der Waals surface area contributed by atoms with E-state index in [9.17, 15) is 0 Å². The first-order valence-electron chi connectivity index (χ1n) is 4.79. The number of fused-ring (bicyclic) bond motifs is 1. The van der Waals surface area contributed by atoms with Crippen molar-refractivity contribution in [3.8, 4) is 0 Å². The van der Waals surface area contributed by atoms with Gasteiger partial charge in [0.25, 0.3) is 0 Å². The van der Waals surface area contributed by atoms with Crippen LogP contribution in [0.2, 0.25) is 0 Å². The molecule has 0 nitrogen and oxygen atoms in total. The van der Waals surface area contributed by atoms with E-state index in [0.29, 0.717) is 11.3 Å². The SMILES string of the molecule is C[C@H]1c2cccc(Br)c2CC1(C)C. The minimum absolute atomic E-state index is 0.423. The van der Waals surface area contributed by atoms with Crippen LogP contribution in [0.4, 0.5) is 0 Å². The molecule has 0 N–H and O–H groups in total. The lowest BCUT2D eigenvalue weighted by Crippen LogP contribution is -2.14. The lowest BCUT2D eigenvalue weighted by Gasteiger charge is -2.23. The number of rotatable bonds is 0. The largest absolute Gasteiger partial charge is 0.0608 e. The molecule has 0 saturated carbocycles. The van der Waals surface area contributed by atoms with E-state index in [-0.39, 0.29) is 0 Å². The molecule has 0 fully saturated rings. The molecule has 0 unspecified atom stereocenters. The molecule has 13 heavy (non-hydrogen) atoms. The molecule has 1 aromatic rings. The van der Waals surface area contributed by atoms with Gasteiger partial charge in [-0.3, -0.25) is 0 Å². The van der Waals surface area contributed by atoms with Crippen LogP contribution < -0.4 is 0 Å². The Kier molecular flexibility index (Phi) is 2.03. The van der Waals surface area contributed by atoms with Gasteiger partial charge in [-0.1, -0.05) is 48.8 Å². The van der Waals surface area contributed by atoms with Gasteiger partial charge in [0.1, 0.15) is 0 Å². The Bertz CT molecular complexity index is 339. The van der Waals surface area contributed by atoms with E-state index < -0.39 is 0 Å². The molecule has 1 aromatic carbocycles. The summed E-state index contributed by atoms with van der Waals surface area (Å²) < 4.78 is 1.28. The molecule has 0 saturated heterocycles. The molecule has 0 bridgehead atoms. The summed E-state index contributed by atoms with van der Waals surface area (Å²) in [5.41, 5.74) is 3.46. The van der Waals surface area contributed by atoms with Crippen LogP contribution >= 0.6 is 15.9 Å². The zero-order valence-electron chi connectivity index (χ0n) is 8.39. The number of halogens is 1. The molecule has 0 amide bonds. The summed E-state index contributed by atoms with van der Waals surface area (Å²) >= 11 is 3.63. The molecule has 1 atom stereocenters. The van der Waals surface area contributed by atoms with Crippen LogP contribution in [0.1, 0.15) is 37.8 Å². The van der Waals surface area contributed by atoms with Gasteiger partial charge in [-0.2, -0.15) is 0 Å². The maximum absolute atomic E-state index is 3.63. The maximum atomic E-state index is 3.63. The van der Waals surface area contributed by atoms with E-state index in [2.05, 4.69) is 54.9 Å². The third-order valence-electron chi connectivity index (χ3n) is 3.43. The van der Waals surface area contributed by atoms with Crippen molar-refractivity contribution in [2.24, 2.45) is 5.41 Å².